The fourth-order valence-corrected chi connectivity index (χ4v) is 1.66. The molecule has 84 valence electrons. The Bertz CT molecular complexity index is 773. The Kier molecular flexibility index (Phi) is 2.14. The first-order chi connectivity index (χ1) is 7.38. The van der Waals surface area contributed by atoms with E-state index in [1.807, 2.05) is 4.98 Å². The predicted octanol–water partition coefficient (Wildman–Crippen LogP) is -1.74. The van der Waals surface area contributed by atoms with Crippen LogP contribution in [0.2, 0.25) is 0 Å². The molecule has 0 saturated heterocycles. The molecule has 0 aromatic carbocycles. The first kappa shape index (κ1) is 10.5. The van der Waals surface area contributed by atoms with Gasteiger partial charge in [-0.2, -0.15) is 0 Å². The van der Waals surface area contributed by atoms with E-state index in [0.717, 1.165) is 12.3 Å². The molecule has 0 saturated carbocycles. The van der Waals surface area contributed by atoms with Crippen molar-refractivity contribution in [2.24, 2.45) is 5.14 Å². The number of aromatic nitrogens is 3. The third-order valence-corrected chi connectivity index (χ3v) is 2.78. The molecule has 16 heavy (non-hydrogen) atoms. The number of aromatic amines is 2. The molecule has 0 fully saturated rings. The minimum absolute atomic E-state index is 0.00106. The normalized spacial score (nSPS) is 11.8. The first-order valence-corrected chi connectivity index (χ1v) is 5.58. The number of sulfonamides is 1. The van der Waals surface area contributed by atoms with Gasteiger partial charge in [0.15, 0.2) is 0 Å². The minimum atomic E-state index is -3.93. The number of fused-ring (bicyclic) bond motifs is 1. The molecule has 0 atom stereocenters. The standard InChI is InChI=1S/C7H6N4O4S/c8-16(14,15)3-1-4-5(9-2-3)10-7(13)11-6(4)12/h1-2H,(H2,8,14,15)(H2,9,10,11,12,13). The zero-order chi connectivity index (χ0) is 11.9. The quantitative estimate of drug-likeness (QED) is 0.544. The van der Waals surface area contributed by atoms with E-state index in [1.54, 1.807) is 0 Å². The molecular weight excluding hydrogens is 236 g/mol. The molecule has 0 unspecified atom stereocenters. The second kappa shape index (κ2) is 3.25. The largest absolute Gasteiger partial charge is 0.327 e. The second-order valence-electron chi connectivity index (χ2n) is 3.02. The van der Waals surface area contributed by atoms with Crippen LogP contribution in [0.15, 0.2) is 26.7 Å². The summed E-state index contributed by atoms with van der Waals surface area (Å²) in [6, 6.07) is 1.05. The van der Waals surface area contributed by atoms with E-state index in [-0.39, 0.29) is 15.9 Å². The maximum absolute atomic E-state index is 11.3. The van der Waals surface area contributed by atoms with Gasteiger partial charge in [-0.25, -0.2) is 23.3 Å². The molecule has 0 aliphatic heterocycles. The van der Waals surface area contributed by atoms with Gasteiger partial charge >= 0.3 is 5.69 Å². The molecule has 4 N–H and O–H groups in total. The van der Waals surface area contributed by atoms with Crippen molar-refractivity contribution in [3.63, 3.8) is 0 Å². The summed E-state index contributed by atoms with van der Waals surface area (Å²) >= 11 is 0. The number of nitrogens with zero attached hydrogens (tertiary/aromatic N) is 1. The lowest BCUT2D eigenvalue weighted by molar-refractivity contribution is 0.597. The van der Waals surface area contributed by atoms with Gasteiger partial charge in [0.2, 0.25) is 10.0 Å². The Balaban J connectivity index is 2.93. The lowest BCUT2D eigenvalue weighted by Gasteiger charge is -1.99. The summed E-state index contributed by atoms with van der Waals surface area (Å²) < 4.78 is 22.0. The van der Waals surface area contributed by atoms with Gasteiger partial charge in [0.05, 0.1) is 5.39 Å². The van der Waals surface area contributed by atoms with Crippen LogP contribution in [0.1, 0.15) is 0 Å². The molecular formula is C7H6N4O4S. The number of hydrogen-bond donors (Lipinski definition) is 3. The average molecular weight is 242 g/mol. The van der Waals surface area contributed by atoms with E-state index >= 15 is 0 Å². The molecule has 9 heteroatoms. The number of hydrogen-bond acceptors (Lipinski definition) is 5. The highest BCUT2D eigenvalue weighted by atomic mass is 32.2. The van der Waals surface area contributed by atoms with Crippen LogP contribution in [0.25, 0.3) is 11.0 Å². The number of primary sulfonamides is 1. The summed E-state index contributed by atoms with van der Waals surface area (Å²) in [6.45, 7) is 0. The number of H-pyrrole nitrogens is 2. The summed E-state index contributed by atoms with van der Waals surface area (Å²) in [4.78, 5) is 29.8. The second-order valence-corrected chi connectivity index (χ2v) is 4.58. The van der Waals surface area contributed by atoms with Gasteiger partial charge in [-0.15, -0.1) is 0 Å². The van der Waals surface area contributed by atoms with Crippen molar-refractivity contribution in [1.82, 2.24) is 15.0 Å². The van der Waals surface area contributed by atoms with Crippen LogP contribution in [0, 0.1) is 0 Å². The van der Waals surface area contributed by atoms with E-state index in [2.05, 4.69) is 9.97 Å². The van der Waals surface area contributed by atoms with Crippen LogP contribution in [0.3, 0.4) is 0 Å². The van der Waals surface area contributed by atoms with Crippen molar-refractivity contribution in [1.29, 1.82) is 0 Å². The number of rotatable bonds is 1. The summed E-state index contributed by atoms with van der Waals surface area (Å²) in [7, 11) is -3.93. The molecule has 0 aliphatic carbocycles. The predicted molar refractivity (Wildman–Crippen MR) is 54.4 cm³/mol. The molecule has 0 bridgehead atoms. The molecule has 2 aromatic rings. The van der Waals surface area contributed by atoms with Gasteiger partial charge in [-0.3, -0.25) is 14.8 Å². The van der Waals surface area contributed by atoms with Gasteiger partial charge in [0, 0.05) is 6.20 Å². The highest BCUT2D eigenvalue weighted by molar-refractivity contribution is 7.89. The van der Waals surface area contributed by atoms with E-state index < -0.39 is 21.3 Å². The summed E-state index contributed by atoms with van der Waals surface area (Å²) in [5.74, 6) is 0. The molecule has 0 spiro atoms. The Labute approximate surface area is 88.2 Å². The molecule has 2 aromatic heterocycles. The van der Waals surface area contributed by atoms with Crippen molar-refractivity contribution in [2.45, 2.75) is 4.90 Å². The summed E-state index contributed by atoms with van der Waals surface area (Å²) in [6.07, 6.45) is 0.965. The first-order valence-electron chi connectivity index (χ1n) is 4.03. The number of nitrogens with one attached hydrogen (secondary N) is 2. The van der Waals surface area contributed by atoms with Gasteiger partial charge < -0.3 is 0 Å². The third-order valence-electron chi connectivity index (χ3n) is 1.89. The van der Waals surface area contributed by atoms with Crippen LogP contribution >= 0.6 is 0 Å². The zero-order valence-corrected chi connectivity index (χ0v) is 8.54. The van der Waals surface area contributed by atoms with Gasteiger partial charge in [0.25, 0.3) is 5.56 Å². The van der Waals surface area contributed by atoms with E-state index in [0.29, 0.717) is 0 Å². The lowest BCUT2D eigenvalue weighted by atomic mass is 10.3. The lowest BCUT2D eigenvalue weighted by Crippen LogP contribution is -2.23. The van der Waals surface area contributed by atoms with Crippen molar-refractivity contribution in [3.05, 3.63) is 33.1 Å². The van der Waals surface area contributed by atoms with Crippen LogP contribution in [0.5, 0.6) is 0 Å². The zero-order valence-electron chi connectivity index (χ0n) is 7.72. The SMILES string of the molecule is NS(=O)(=O)c1cnc2[nH]c(=O)[nH]c(=O)c2c1. The molecule has 0 aliphatic rings. The Morgan fingerprint density at radius 1 is 1.25 bits per heavy atom. The minimum Gasteiger partial charge on any atom is -0.291 e. The fraction of sp³-hybridized carbons (Fsp3) is 0. The average Bonchev–Trinajstić information content (AvgIpc) is 2.15. The third kappa shape index (κ3) is 1.73. The van der Waals surface area contributed by atoms with Crippen molar-refractivity contribution < 1.29 is 8.42 Å². The summed E-state index contributed by atoms with van der Waals surface area (Å²) in [5, 5.41) is 4.83. The highest BCUT2D eigenvalue weighted by Gasteiger charge is 2.11. The molecule has 2 rings (SSSR count). The summed E-state index contributed by atoms with van der Waals surface area (Å²) in [5.41, 5.74) is -1.44. The smallest absolute Gasteiger partial charge is 0.291 e. The Morgan fingerprint density at radius 3 is 2.56 bits per heavy atom. The highest BCUT2D eigenvalue weighted by Crippen LogP contribution is 2.08. The molecule has 0 radical (unpaired) electrons. The number of pyridine rings is 1. The van der Waals surface area contributed by atoms with Crippen LogP contribution in [0.4, 0.5) is 0 Å². The van der Waals surface area contributed by atoms with E-state index in [9.17, 15) is 18.0 Å². The Hall–Kier alpha value is -2.00. The van der Waals surface area contributed by atoms with Crippen LogP contribution in [-0.2, 0) is 10.0 Å². The topological polar surface area (TPSA) is 139 Å². The maximum Gasteiger partial charge on any atom is 0.327 e. The molecule has 2 heterocycles. The van der Waals surface area contributed by atoms with Crippen molar-refractivity contribution >= 4 is 21.1 Å². The monoisotopic (exact) mass is 242 g/mol. The van der Waals surface area contributed by atoms with E-state index in [4.69, 9.17) is 5.14 Å². The van der Waals surface area contributed by atoms with Gasteiger partial charge in [0.1, 0.15) is 10.5 Å². The van der Waals surface area contributed by atoms with Crippen molar-refractivity contribution in [2.75, 3.05) is 0 Å². The molecule has 0 amide bonds. The van der Waals surface area contributed by atoms with Crippen molar-refractivity contribution in [3.8, 4) is 0 Å². The fourth-order valence-electron chi connectivity index (χ4n) is 1.18. The number of nitrogens with two attached hydrogens (primary N) is 1. The van der Waals surface area contributed by atoms with Crippen LogP contribution < -0.4 is 16.4 Å². The van der Waals surface area contributed by atoms with Gasteiger partial charge in [-0.05, 0) is 6.07 Å². The van der Waals surface area contributed by atoms with Gasteiger partial charge in [-0.1, -0.05) is 0 Å². The maximum atomic E-state index is 11.3. The van der Waals surface area contributed by atoms with Crippen LogP contribution in [-0.4, -0.2) is 23.4 Å². The van der Waals surface area contributed by atoms with E-state index in [1.165, 1.54) is 0 Å². The molecule has 8 nitrogen and oxygen atoms in total. The Morgan fingerprint density at radius 2 is 1.94 bits per heavy atom.